The second-order valence-corrected chi connectivity index (χ2v) is 8.61. The normalized spacial score (nSPS) is 50.8. The van der Waals surface area contributed by atoms with E-state index in [1.807, 2.05) is 0 Å². The van der Waals surface area contributed by atoms with E-state index >= 15 is 0 Å². The first-order valence-electron chi connectivity index (χ1n) is 10.5. The third-order valence-corrected chi connectivity index (χ3v) is 6.52. The average molecular weight is 532 g/mol. The lowest BCUT2D eigenvalue weighted by Gasteiger charge is -2.57. The van der Waals surface area contributed by atoms with Crippen LogP contribution in [0.3, 0.4) is 0 Å². The van der Waals surface area contributed by atoms with Gasteiger partial charge in [-0.1, -0.05) is 0 Å². The number of aliphatic hydroxyl groups excluding tert-OH is 10. The molecule has 3 fully saturated rings. The fraction of sp³-hybridized carbons (Fsp3) is 0.889. The molecular formula is C18H28O18. The summed E-state index contributed by atoms with van der Waals surface area (Å²) in [6.07, 6.45) is -24.2. The quantitative estimate of drug-likeness (QED) is 0.141. The largest absolute Gasteiger partial charge is 0.445 e. The zero-order chi connectivity index (χ0) is 27.4. The van der Waals surface area contributed by atoms with Gasteiger partial charge in [0.25, 0.3) is 11.4 Å². The highest BCUT2D eigenvalue weighted by Crippen LogP contribution is 2.48. The van der Waals surface area contributed by atoms with E-state index in [9.17, 15) is 70.9 Å². The van der Waals surface area contributed by atoms with E-state index in [0.29, 0.717) is 0 Å². The Balaban J connectivity index is 2.23. The van der Waals surface area contributed by atoms with E-state index in [2.05, 4.69) is 4.74 Å². The highest BCUT2D eigenvalue weighted by atomic mass is 16.7. The Morgan fingerprint density at radius 2 is 1.25 bits per heavy atom. The number of carbonyl (C=O) groups is 2. The molecule has 12 N–H and O–H groups in total. The van der Waals surface area contributed by atoms with Crippen LogP contribution in [0.5, 0.6) is 0 Å². The van der Waals surface area contributed by atoms with Crippen molar-refractivity contribution in [3.05, 3.63) is 0 Å². The lowest BCUT2D eigenvalue weighted by molar-refractivity contribution is -0.443. The molecule has 3 aliphatic heterocycles. The maximum Gasteiger partial charge on any atom is 0.360 e. The second-order valence-electron chi connectivity index (χ2n) is 8.61. The average Bonchev–Trinajstić information content (AvgIpc) is 2.86. The van der Waals surface area contributed by atoms with Crippen LogP contribution in [0.25, 0.3) is 0 Å². The Morgan fingerprint density at radius 1 is 0.750 bits per heavy atom. The molecule has 0 aromatic rings. The standard InChI is InChI=1S/C18H28O18/c19-1-4-7(22)9(24)11(26)17(31,34-4)14(29)16(15(30)33-6(3-21)13(28)36-16)18(32)12(27)10(25)8(23)5(2-20)35-18/h4-12,14,19-27,29,31-32H,1-3H2/t4-,5?,6?,7-,8?,9+,10?,11-,12?,14?,16?,17?,18?/m1/s1. The Bertz CT molecular complexity index is 837. The molecule has 0 spiro atoms. The number of carbonyl (C=O) groups excluding carboxylic acids is 2. The molecule has 208 valence electrons. The molecule has 3 saturated heterocycles. The van der Waals surface area contributed by atoms with Crippen molar-refractivity contribution in [3.63, 3.8) is 0 Å². The third kappa shape index (κ3) is 3.90. The van der Waals surface area contributed by atoms with Crippen LogP contribution in [-0.4, -0.2) is 171 Å². The fourth-order valence-corrected chi connectivity index (χ4v) is 4.38. The summed E-state index contributed by atoms with van der Waals surface area (Å²) in [6, 6.07) is 0. The number of aliphatic hydroxyl groups is 12. The summed E-state index contributed by atoms with van der Waals surface area (Å²) in [6.45, 7) is -3.56. The van der Waals surface area contributed by atoms with Gasteiger partial charge in [-0.05, 0) is 0 Å². The molecular weight excluding hydrogens is 504 g/mol. The highest BCUT2D eigenvalue weighted by Gasteiger charge is 2.79. The van der Waals surface area contributed by atoms with Crippen molar-refractivity contribution in [3.8, 4) is 0 Å². The number of hydrogen-bond acceptors (Lipinski definition) is 18. The zero-order valence-corrected chi connectivity index (χ0v) is 18.2. The molecule has 0 radical (unpaired) electrons. The molecule has 18 nitrogen and oxygen atoms in total. The van der Waals surface area contributed by atoms with Crippen molar-refractivity contribution in [1.29, 1.82) is 0 Å². The molecule has 3 rings (SSSR count). The maximum atomic E-state index is 13.2. The predicted octanol–water partition coefficient (Wildman–Crippen LogP) is -9.13. The summed E-state index contributed by atoms with van der Waals surface area (Å²) in [5.74, 6) is -11.4. The van der Waals surface area contributed by atoms with Gasteiger partial charge in [-0.2, -0.15) is 0 Å². The Labute approximate surface area is 200 Å². The smallest absolute Gasteiger partial charge is 0.360 e. The van der Waals surface area contributed by atoms with Gasteiger partial charge in [-0.3, -0.25) is 0 Å². The first-order valence-corrected chi connectivity index (χ1v) is 10.5. The minimum absolute atomic E-state index is 1.16. The molecule has 36 heavy (non-hydrogen) atoms. The first kappa shape index (κ1) is 28.9. The van der Waals surface area contributed by atoms with Crippen LogP contribution in [-0.2, 0) is 28.5 Å². The van der Waals surface area contributed by atoms with Gasteiger partial charge in [0, 0.05) is 0 Å². The van der Waals surface area contributed by atoms with Gasteiger partial charge in [0.1, 0.15) is 48.8 Å². The number of esters is 2. The molecule has 0 aromatic heterocycles. The summed E-state index contributed by atoms with van der Waals surface area (Å²) >= 11 is 0. The van der Waals surface area contributed by atoms with E-state index < -0.39 is 110 Å². The van der Waals surface area contributed by atoms with E-state index in [1.165, 1.54) is 0 Å². The molecule has 18 heteroatoms. The number of cyclic esters (lactones) is 2. The van der Waals surface area contributed by atoms with Crippen molar-refractivity contribution in [2.75, 3.05) is 19.8 Å². The molecule has 9 unspecified atom stereocenters. The monoisotopic (exact) mass is 532 g/mol. The highest BCUT2D eigenvalue weighted by molar-refractivity contribution is 5.92. The van der Waals surface area contributed by atoms with Gasteiger partial charge in [0.2, 0.25) is 11.9 Å². The summed E-state index contributed by atoms with van der Waals surface area (Å²) < 4.78 is 19.4. The molecule has 0 amide bonds. The number of hydrogen-bond donors (Lipinski definition) is 12. The van der Waals surface area contributed by atoms with Gasteiger partial charge < -0.3 is 80.2 Å². The van der Waals surface area contributed by atoms with E-state index in [1.54, 1.807) is 0 Å². The third-order valence-electron chi connectivity index (χ3n) is 6.52. The molecule has 0 aromatic carbocycles. The summed E-state index contributed by atoms with van der Waals surface area (Å²) in [5, 5.41) is 123. The van der Waals surface area contributed by atoms with Crippen LogP contribution < -0.4 is 0 Å². The zero-order valence-electron chi connectivity index (χ0n) is 18.2. The van der Waals surface area contributed by atoms with E-state index in [-0.39, 0.29) is 0 Å². The molecule has 0 bridgehead atoms. The van der Waals surface area contributed by atoms with Crippen molar-refractivity contribution in [2.45, 2.75) is 78.2 Å². The fourth-order valence-electron chi connectivity index (χ4n) is 4.38. The molecule has 13 atom stereocenters. The van der Waals surface area contributed by atoms with Crippen LogP contribution in [0.2, 0.25) is 0 Å². The Morgan fingerprint density at radius 3 is 1.75 bits per heavy atom. The van der Waals surface area contributed by atoms with Crippen molar-refractivity contribution < 1.29 is 89.8 Å². The van der Waals surface area contributed by atoms with Crippen LogP contribution in [0.15, 0.2) is 0 Å². The summed E-state index contributed by atoms with van der Waals surface area (Å²) in [7, 11) is 0. The summed E-state index contributed by atoms with van der Waals surface area (Å²) in [5.41, 5.74) is -3.94. The van der Waals surface area contributed by atoms with Crippen molar-refractivity contribution in [1.82, 2.24) is 0 Å². The van der Waals surface area contributed by atoms with Gasteiger partial charge in [0.05, 0.1) is 19.8 Å². The van der Waals surface area contributed by atoms with Crippen LogP contribution in [0.1, 0.15) is 0 Å². The van der Waals surface area contributed by atoms with Crippen LogP contribution in [0.4, 0.5) is 0 Å². The minimum atomic E-state index is -3.94. The first-order chi connectivity index (χ1) is 16.7. The predicted molar refractivity (Wildman–Crippen MR) is 102 cm³/mol. The van der Waals surface area contributed by atoms with Crippen molar-refractivity contribution in [2.24, 2.45) is 0 Å². The lowest BCUT2D eigenvalue weighted by Crippen LogP contribution is -2.85. The van der Waals surface area contributed by atoms with Gasteiger partial charge >= 0.3 is 11.9 Å². The maximum absolute atomic E-state index is 13.2. The van der Waals surface area contributed by atoms with Crippen LogP contribution >= 0.6 is 0 Å². The molecule has 3 heterocycles. The Hall–Kier alpha value is -1.62. The van der Waals surface area contributed by atoms with Crippen molar-refractivity contribution >= 4 is 11.9 Å². The summed E-state index contributed by atoms with van der Waals surface area (Å²) in [4.78, 5) is 25.6. The van der Waals surface area contributed by atoms with Gasteiger partial charge in [-0.25, -0.2) is 9.59 Å². The van der Waals surface area contributed by atoms with E-state index in [0.717, 1.165) is 0 Å². The van der Waals surface area contributed by atoms with Gasteiger partial charge in [-0.15, -0.1) is 0 Å². The number of rotatable bonds is 6. The van der Waals surface area contributed by atoms with E-state index in [4.69, 9.17) is 14.2 Å². The second kappa shape index (κ2) is 9.93. The molecule has 0 saturated carbocycles. The molecule has 3 aliphatic rings. The lowest BCUT2D eigenvalue weighted by atomic mass is 9.72. The minimum Gasteiger partial charge on any atom is -0.445 e. The molecule has 0 aliphatic carbocycles. The SMILES string of the molecule is O=C1OC(C(O)C2(O)O[C@H](CO)[C@@H](O)[C@H](O)[C@H]2O)(C2(O)OC(CO)C(O)C(O)C2O)C(=O)OC1CO. The number of ether oxygens (including phenoxy) is 4. The topological polar surface area (TPSA) is 314 Å². The Kier molecular flexibility index (Phi) is 7.98. The van der Waals surface area contributed by atoms with Crippen LogP contribution in [0, 0.1) is 0 Å². The van der Waals surface area contributed by atoms with Gasteiger partial charge in [0.15, 0.2) is 6.10 Å².